The van der Waals surface area contributed by atoms with Crippen LogP contribution in [0.2, 0.25) is 0 Å². The van der Waals surface area contributed by atoms with Crippen LogP contribution >= 0.6 is 0 Å². The normalized spacial score (nSPS) is 17.5. The highest BCUT2D eigenvalue weighted by molar-refractivity contribution is 5.94. The zero-order valence-electron chi connectivity index (χ0n) is 18.5. The van der Waals surface area contributed by atoms with Gasteiger partial charge in [-0.25, -0.2) is 4.98 Å². The third-order valence-electron chi connectivity index (χ3n) is 6.47. The molecule has 7 heteroatoms. The summed E-state index contributed by atoms with van der Waals surface area (Å²) in [6.45, 7) is 7.66. The van der Waals surface area contributed by atoms with Crippen LogP contribution in [-0.2, 0) is 26.1 Å². The topological polar surface area (TPSA) is 78.8 Å². The zero-order valence-corrected chi connectivity index (χ0v) is 18.5. The summed E-state index contributed by atoms with van der Waals surface area (Å²) in [6.07, 6.45) is 5.48. The smallest absolute Gasteiger partial charge is 0.272 e. The van der Waals surface area contributed by atoms with E-state index in [2.05, 4.69) is 39.8 Å². The van der Waals surface area contributed by atoms with E-state index in [1.807, 2.05) is 18.2 Å². The molecule has 0 atom stereocenters. The summed E-state index contributed by atoms with van der Waals surface area (Å²) in [5.74, 6) is 1.45. The van der Waals surface area contributed by atoms with Crippen LogP contribution in [0.5, 0.6) is 0 Å². The number of aromatic nitrogens is 4. The van der Waals surface area contributed by atoms with Gasteiger partial charge in [0.2, 0.25) is 0 Å². The number of nitrogens with zero attached hydrogens (tertiary/aromatic N) is 4. The van der Waals surface area contributed by atoms with Crippen molar-refractivity contribution in [1.29, 1.82) is 0 Å². The van der Waals surface area contributed by atoms with Gasteiger partial charge in [0.1, 0.15) is 5.82 Å². The second-order valence-electron chi connectivity index (χ2n) is 9.47. The van der Waals surface area contributed by atoms with Gasteiger partial charge in [-0.1, -0.05) is 38.8 Å². The minimum atomic E-state index is -0.00348. The number of nitrogens with one attached hydrogen (secondary N) is 2. The minimum Gasteiger partial charge on any atom is -0.348 e. The van der Waals surface area contributed by atoms with Gasteiger partial charge in [0.05, 0.1) is 17.6 Å². The monoisotopic (exact) mass is 420 g/mol. The van der Waals surface area contributed by atoms with Crippen LogP contribution in [0, 0.1) is 5.92 Å². The Balaban J connectivity index is 1.38. The highest BCUT2D eigenvalue weighted by Crippen LogP contribution is 2.26. The first-order valence-corrected chi connectivity index (χ1v) is 11.6. The molecule has 1 aliphatic carbocycles. The molecule has 1 fully saturated rings. The van der Waals surface area contributed by atoms with Crippen LogP contribution in [0.15, 0.2) is 24.3 Å². The Labute approximate surface area is 183 Å². The van der Waals surface area contributed by atoms with Crippen molar-refractivity contribution >= 4 is 16.9 Å². The molecule has 0 unspecified atom stereocenters. The van der Waals surface area contributed by atoms with Gasteiger partial charge >= 0.3 is 0 Å². The fraction of sp³-hybridized carbons (Fsp3) is 0.542. The van der Waals surface area contributed by atoms with Gasteiger partial charge in [-0.3, -0.25) is 14.4 Å². The number of carbonyl (C=O) groups excluding carboxylic acids is 1. The van der Waals surface area contributed by atoms with Gasteiger partial charge in [0.25, 0.3) is 5.91 Å². The number of imidazole rings is 1. The molecule has 164 valence electrons. The van der Waals surface area contributed by atoms with Gasteiger partial charge < -0.3 is 10.3 Å². The van der Waals surface area contributed by atoms with E-state index in [1.165, 1.54) is 18.5 Å². The van der Waals surface area contributed by atoms with Crippen molar-refractivity contribution in [3.05, 3.63) is 47.0 Å². The van der Waals surface area contributed by atoms with E-state index in [0.717, 1.165) is 67.9 Å². The average Bonchev–Trinajstić information content (AvgIpc) is 3.46. The van der Waals surface area contributed by atoms with E-state index < -0.39 is 0 Å². The predicted octanol–water partition coefficient (Wildman–Crippen LogP) is 3.65. The summed E-state index contributed by atoms with van der Waals surface area (Å²) in [7, 11) is 0. The minimum absolute atomic E-state index is 0.00348. The number of carbonyl (C=O) groups is 1. The summed E-state index contributed by atoms with van der Waals surface area (Å²) >= 11 is 0. The van der Waals surface area contributed by atoms with E-state index in [-0.39, 0.29) is 5.91 Å². The number of para-hydroxylation sites is 2. The highest BCUT2D eigenvalue weighted by atomic mass is 16.2. The number of benzene rings is 1. The standard InChI is InChI=1S/C24H32N6O/c1-16(2)13-30-21-11-12-29(15-22-26-19-9-5-6-10-20(19)27-22)14-18(21)23(28-30)24(31)25-17-7-3-4-8-17/h5-6,9-10,16-17H,3-4,7-8,11-15H2,1-2H3,(H,25,31)(H,26,27). The quantitative estimate of drug-likeness (QED) is 0.638. The van der Waals surface area contributed by atoms with Crippen molar-refractivity contribution in [2.45, 2.75) is 71.6 Å². The molecule has 2 aromatic heterocycles. The van der Waals surface area contributed by atoms with E-state index >= 15 is 0 Å². The maximum atomic E-state index is 13.1. The molecule has 7 nitrogen and oxygen atoms in total. The van der Waals surface area contributed by atoms with Crippen molar-refractivity contribution in [2.24, 2.45) is 5.92 Å². The Morgan fingerprint density at radius 3 is 2.84 bits per heavy atom. The van der Waals surface area contributed by atoms with Gasteiger partial charge in [0, 0.05) is 43.4 Å². The lowest BCUT2D eigenvalue weighted by atomic mass is 10.0. The molecule has 3 heterocycles. The Kier molecular flexibility index (Phi) is 5.52. The second-order valence-corrected chi connectivity index (χ2v) is 9.47. The van der Waals surface area contributed by atoms with Crippen LogP contribution in [-0.4, -0.2) is 43.1 Å². The van der Waals surface area contributed by atoms with Crippen LogP contribution in [0.1, 0.15) is 67.1 Å². The van der Waals surface area contributed by atoms with E-state index in [9.17, 15) is 4.79 Å². The predicted molar refractivity (Wildman–Crippen MR) is 121 cm³/mol. The molecule has 3 aromatic rings. The number of hydrogen-bond donors (Lipinski definition) is 2. The Bertz CT molecular complexity index is 1040. The lowest BCUT2D eigenvalue weighted by Gasteiger charge is -2.27. The maximum absolute atomic E-state index is 13.1. The van der Waals surface area contributed by atoms with Crippen LogP contribution in [0.25, 0.3) is 11.0 Å². The summed E-state index contributed by atoms with van der Waals surface area (Å²) in [5.41, 5.74) is 5.01. The van der Waals surface area contributed by atoms with Crippen molar-refractivity contribution in [3.8, 4) is 0 Å². The molecule has 5 rings (SSSR count). The first-order chi connectivity index (χ1) is 15.1. The first kappa shape index (κ1) is 20.2. The van der Waals surface area contributed by atoms with Crippen molar-refractivity contribution < 1.29 is 4.79 Å². The average molecular weight is 421 g/mol. The number of H-pyrrole nitrogens is 1. The van der Waals surface area contributed by atoms with Crippen molar-refractivity contribution in [3.63, 3.8) is 0 Å². The number of aromatic amines is 1. The fourth-order valence-corrected chi connectivity index (χ4v) is 4.98. The molecule has 2 aliphatic rings. The third kappa shape index (κ3) is 4.24. The number of hydrogen-bond acceptors (Lipinski definition) is 4. The molecule has 0 spiro atoms. The summed E-state index contributed by atoms with van der Waals surface area (Å²) in [5, 5.41) is 8.05. The maximum Gasteiger partial charge on any atom is 0.272 e. The van der Waals surface area contributed by atoms with Gasteiger partial charge in [0.15, 0.2) is 5.69 Å². The van der Waals surface area contributed by atoms with Crippen LogP contribution in [0.4, 0.5) is 0 Å². The molecule has 0 radical (unpaired) electrons. The van der Waals surface area contributed by atoms with Gasteiger partial charge in [-0.2, -0.15) is 5.10 Å². The van der Waals surface area contributed by atoms with E-state index in [0.29, 0.717) is 17.7 Å². The Morgan fingerprint density at radius 2 is 2.06 bits per heavy atom. The lowest BCUT2D eigenvalue weighted by molar-refractivity contribution is 0.0929. The molecule has 0 bridgehead atoms. The molecule has 31 heavy (non-hydrogen) atoms. The van der Waals surface area contributed by atoms with Gasteiger partial charge in [-0.15, -0.1) is 0 Å². The molecular weight excluding hydrogens is 388 g/mol. The first-order valence-electron chi connectivity index (χ1n) is 11.6. The molecule has 1 amide bonds. The Hall–Kier alpha value is -2.67. The summed E-state index contributed by atoms with van der Waals surface area (Å²) in [4.78, 5) is 23.7. The van der Waals surface area contributed by atoms with Crippen LogP contribution < -0.4 is 5.32 Å². The van der Waals surface area contributed by atoms with Crippen LogP contribution in [0.3, 0.4) is 0 Å². The fourth-order valence-electron chi connectivity index (χ4n) is 4.98. The third-order valence-corrected chi connectivity index (χ3v) is 6.47. The molecule has 1 aromatic carbocycles. The summed E-state index contributed by atoms with van der Waals surface area (Å²) in [6, 6.07) is 8.43. The summed E-state index contributed by atoms with van der Waals surface area (Å²) < 4.78 is 2.09. The number of fused-ring (bicyclic) bond motifs is 2. The largest absolute Gasteiger partial charge is 0.348 e. The van der Waals surface area contributed by atoms with Crippen molar-refractivity contribution in [2.75, 3.05) is 6.54 Å². The zero-order chi connectivity index (χ0) is 21.4. The molecular formula is C24H32N6O. The molecule has 0 saturated heterocycles. The second kappa shape index (κ2) is 8.46. The van der Waals surface area contributed by atoms with E-state index in [1.54, 1.807) is 0 Å². The van der Waals surface area contributed by atoms with E-state index in [4.69, 9.17) is 10.1 Å². The Morgan fingerprint density at radius 1 is 1.26 bits per heavy atom. The van der Waals surface area contributed by atoms with Gasteiger partial charge in [-0.05, 0) is 30.9 Å². The molecule has 1 aliphatic heterocycles. The number of rotatable bonds is 6. The number of amides is 1. The molecule has 2 N–H and O–H groups in total. The SMILES string of the molecule is CC(C)Cn1nc(C(=O)NC2CCCC2)c2c1CCN(Cc1nc3ccccc3[nH]1)C2. The lowest BCUT2D eigenvalue weighted by Crippen LogP contribution is -2.35. The highest BCUT2D eigenvalue weighted by Gasteiger charge is 2.30. The molecule has 1 saturated carbocycles. The van der Waals surface area contributed by atoms with Crippen molar-refractivity contribution in [1.82, 2.24) is 30.0 Å².